The predicted molar refractivity (Wildman–Crippen MR) is 247 cm³/mol. The van der Waals surface area contributed by atoms with E-state index in [4.69, 9.17) is 0 Å². The molecule has 0 unspecified atom stereocenters. The fraction of sp³-hybridized carbons (Fsp3) is 0.153. The van der Waals surface area contributed by atoms with Crippen LogP contribution in [-0.4, -0.2) is 0 Å². The van der Waals surface area contributed by atoms with Gasteiger partial charge in [0.15, 0.2) is 0 Å². The van der Waals surface area contributed by atoms with Crippen LogP contribution in [0, 0.1) is 0 Å². The Balaban J connectivity index is 0.907. The first-order valence-electron chi connectivity index (χ1n) is 21.7. The Labute approximate surface area is 348 Å². The van der Waals surface area contributed by atoms with Crippen LogP contribution in [0.5, 0.6) is 0 Å². The highest BCUT2D eigenvalue weighted by Gasteiger charge is 2.47. The van der Waals surface area contributed by atoms with E-state index in [0.29, 0.717) is 0 Å². The minimum absolute atomic E-state index is 0.000147. The van der Waals surface area contributed by atoms with Crippen LogP contribution in [-0.2, 0) is 23.7 Å². The molecule has 0 bridgehead atoms. The average molecular weight is 755 g/mol. The van der Waals surface area contributed by atoms with Crippen LogP contribution in [0.4, 0.5) is 0 Å². The van der Waals surface area contributed by atoms with Crippen molar-refractivity contribution in [3.05, 3.63) is 238 Å². The Morgan fingerprint density at radius 1 is 0.356 bits per heavy atom. The van der Waals surface area contributed by atoms with Gasteiger partial charge >= 0.3 is 0 Å². The minimum atomic E-state index is 0.000147. The zero-order chi connectivity index (χ0) is 39.0. The Bertz CT molecular complexity index is 2870. The summed E-state index contributed by atoms with van der Waals surface area (Å²) in [5.74, 6) is 0. The Kier molecular flexibility index (Phi) is 7.92. The molecule has 0 aromatic heterocycles. The van der Waals surface area contributed by atoms with Gasteiger partial charge in [0.2, 0.25) is 0 Å². The molecular weight excluding hydrogens is 709 g/mol. The molecule has 1 fully saturated rings. The summed E-state index contributed by atoms with van der Waals surface area (Å²) >= 11 is 0. The van der Waals surface area contributed by atoms with Crippen molar-refractivity contribution < 1.29 is 0 Å². The average Bonchev–Trinajstić information content (AvgIpc) is 3.92. The number of rotatable bonds is 5. The largest absolute Gasteiger partial charge is 0.0622 e. The summed E-state index contributed by atoms with van der Waals surface area (Å²) < 4.78 is 0. The molecule has 0 nitrogen and oxygen atoms in total. The molecule has 4 aliphatic rings. The standard InChI is InChI=1S/C59H46/c1-4-14-42(15-5-1)53(43-16-6-2-7-17-43)34-40-22-24-41(25-23-40)44-26-29-51-52-31-28-45(36-56(52)58(55(51)35-44)32-12-3-13-33-58)46-27-30-50-49-20-10-11-21-54(49)59(57(50)37-46)38-47-18-8-9-19-48(47)39-59/h1-2,4-11,14-31,34-37H,3,12-13,32-33,38-39H2. The molecule has 0 saturated heterocycles. The molecule has 0 amide bonds. The van der Waals surface area contributed by atoms with Gasteiger partial charge in [-0.25, -0.2) is 0 Å². The van der Waals surface area contributed by atoms with Crippen molar-refractivity contribution in [2.45, 2.75) is 55.8 Å². The van der Waals surface area contributed by atoms with E-state index in [1.54, 1.807) is 5.56 Å². The summed E-state index contributed by atoms with van der Waals surface area (Å²) in [6, 6.07) is 71.2. The molecule has 0 N–H and O–H groups in total. The van der Waals surface area contributed by atoms with E-state index in [1.165, 1.54) is 127 Å². The molecule has 0 radical (unpaired) electrons. The lowest BCUT2D eigenvalue weighted by Gasteiger charge is -2.36. The van der Waals surface area contributed by atoms with Crippen molar-refractivity contribution in [2.75, 3.05) is 0 Å². The van der Waals surface area contributed by atoms with Gasteiger partial charge in [-0.1, -0.05) is 189 Å². The maximum atomic E-state index is 2.60. The number of hydrogen-bond acceptors (Lipinski definition) is 0. The minimum Gasteiger partial charge on any atom is -0.0622 e. The van der Waals surface area contributed by atoms with Crippen LogP contribution < -0.4 is 0 Å². The quantitative estimate of drug-likeness (QED) is 0.154. The number of fused-ring (bicyclic) bond motifs is 11. The molecule has 0 heterocycles. The zero-order valence-corrected chi connectivity index (χ0v) is 33.4. The molecule has 8 aromatic rings. The van der Waals surface area contributed by atoms with Crippen LogP contribution in [0.2, 0.25) is 0 Å². The summed E-state index contributed by atoms with van der Waals surface area (Å²) in [6.07, 6.45) is 10.8. The number of benzene rings is 8. The first-order chi connectivity index (χ1) is 29.2. The van der Waals surface area contributed by atoms with E-state index in [1.807, 2.05) is 0 Å². The van der Waals surface area contributed by atoms with Crippen molar-refractivity contribution in [3.63, 3.8) is 0 Å². The molecule has 282 valence electrons. The van der Waals surface area contributed by atoms with Gasteiger partial charge in [-0.2, -0.15) is 0 Å². The molecule has 2 spiro atoms. The zero-order valence-electron chi connectivity index (χ0n) is 33.4. The van der Waals surface area contributed by atoms with E-state index >= 15 is 0 Å². The fourth-order valence-electron chi connectivity index (χ4n) is 11.7. The van der Waals surface area contributed by atoms with Gasteiger partial charge in [0, 0.05) is 10.8 Å². The van der Waals surface area contributed by atoms with Gasteiger partial charge in [-0.3, -0.25) is 0 Å². The van der Waals surface area contributed by atoms with Crippen LogP contribution in [0.15, 0.2) is 188 Å². The molecule has 4 aliphatic carbocycles. The third-order valence-corrected chi connectivity index (χ3v) is 14.5. The lowest BCUT2D eigenvalue weighted by molar-refractivity contribution is 0.353. The van der Waals surface area contributed by atoms with Gasteiger partial charge in [0.25, 0.3) is 0 Å². The van der Waals surface area contributed by atoms with Crippen molar-refractivity contribution >= 4 is 11.6 Å². The smallest absolute Gasteiger partial charge is 0.0296 e. The van der Waals surface area contributed by atoms with Crippen molar-refractivity contribution in [1.82, 2.24) is 0 Å². The van der Waals surface area contributed by atoms with E-state index < -0.39 is 0 Å². The maximum Gasteiger partial charge on any atom is 0.0296 e. The molecule has 0 atom stereocenters. The second kappa shape index (κ2) is 13.5. The predicted octanol–water partition coefficient (Wildman–Crippen LogP) is 14.9. The van der Waals surface area contributed by atoms with Crippen LogP contribution in [0.1, 0.15) is 82.2 Å². The van der Waals surface area contributed by atoms with Gasteiger partial charge in [-0.15, -0.1) is 0 Å². The molecule has 8 aromatic carbocycles. The fourth-order valence-corrected chi connectivity index (χ4v) is 11.7. The van der Waals surface area contributed by atoms with Gasteiger partial charge < -0.3 is 0 Å². The molecule has 59 heavy (non-hydrogen) atoms. The SMILES string of the molecule is C(=C(c1ccccc1)c1ccccc1)c1ccc(-c2ccc3c(c2)C2(CCCCC2)c2cc(-c4ccc5c(c4)C4(Cc6ccccc6C4)c4ccccc4-5)ccc2-3)cc1. The summed E-state index contributed by atoms with van der Waals surface area (Å²) in [4.78, 5) is 0. The lowest BCUT2D eigenvalue weighted by Crippen LogP contribution is -2.28. The Morgan fingerprint density at radius 3 is 1.36 bits per heavy atom. The number of hydrogen-bond donors (Lipinski definition) is 0. The first-order valence-corrected chi connectivity index (χ1v) is 21.7. The second-order valence-electron chi connectivity index (χ2n) is 17.6. The third-order valence-electron chi connectivity index (χ3n) is 14.5. The second-order valence-corrected chi connectivity index (χ2v) is 17.6. The molecule has 12 rings (SSSR count). The first kappa shape index (κ1) is 34.5. The lowest BCUT2D eigenvalue weighted by atomic mass is 9.67. The highest BCUT2D eigenvalue weighted by atomic mass is 14.5. The Hall–Kier alpha value is -6.50. The third kappa shape index (κ3) is 5.43. The summed E-state index contributed by atoms with van der Waals surface area (Å²) in [6.45, 7) is 0. The molecular formula is C59H46. The summed E-state index contributed by atoms with van der Waals surface area (Å²) in [5.41, 5.74) is 25.0. The summed E-state index contributed by atoms with van der Waals surface area (Å²) in [7, 11) is 0. The normalized spacial score (nSPS) is 15.9. The highest BCUT2D eigenvalue weighted by Crippen LogP contribution is 2.59. The van der Waals surface area contributed by atoms with Crippen molar-refractivity contribution in [1.29, 1.82) is 0 Å². The van der Waals surface area contributed by atoms with Gasteiger partial charge in [-0.05, 0) is 150 Å². The molecule has 1 saturated carbocycles. The van der Waals surface area contributed by atoms with Crippen LogP contribution in [0.3, 0.4) is 0 Å². The van der Waals surface area contributed by atoms with Gasteiger partial charge in [0.05, 0.1) is 0 Å². The molecule has 0 heteroatoms. The monoisotopic (exact) mass is 754 g/mol. The van der Waals surface area contributed by atoms with E-state index in [-0.39, 0.29) is 10.8 Å². The highest BCUT2D eigenvalue weighted by molar-refractivity contribution is 5.92. The van der Waals surface area contributed by atoms with Crippen LogP contribution in [0.25, 0.3) is 56.2 Å². The van der Waals surface area contributed by atoms with E-state index in [9.17, 15) is 0 Å². The maximum absolute atomic E-state index is 2.60. The molecule has 0 aliphatic heterocycles. The van der Waals surface area contributed by atoms with E-state index in [2.05, 4.69) is 194 Å². The van der Waals surface area contributed by atoms with Gasteiger partial charge in [0.1, 0.15) is 0 Å². The van der Waals surface area contributed by atoms with E-state index in [0.717, 1.165) is 12.8 Å². The summed E-state index contributed by atoms with van der Waals surface area (Å²) in [5, 5.41) is 0. The topological polar surface area (TPSA) is 0 Å². The Morgan fingerprint density at radius 2 is 0.797 bits per heavy atom. The van der Waals surface area contributed by atoms with Crippen molar-refractivity contribution in [3.8, 4) is 44.5 Å². The van der Waals surface area contributed by atoms with Crippen molar-refractivity contribution in [2.24, 2.45) is 0 Å². The van der Waals surface area contributed by atoms with Crippen LogP contribution >= 0.6 is 0 Å².